The first-order valence-electron chi connectivity index (χ1n) is 10.7. The second-order valence-electron chi connectivity index (χ2n) is 8.16. The predicted molar refractivity (Wildman–Crippen MR) is 124 cm³/mol. The molecule has 3 aromatic carbocycles. The lowest BCUT2D eigenvalue weighted by Crippen LogP contribution is -2.38. The third-order valence-corrected chi connectivity index (χ3v) is 6.62. The van der Waals surface area contributed by atoms with Gasteiger partial charge in [-0.05, 0) is 61.1 Å². The third-order valence-electron chi connectivity index (χ3n) is 6.37. The van der Waals surface area contributed by atoms with Crippen molar-refractivity contribution in [2.24, 2.45) is 0 Å². The summed E-state index contributed by atoms with van der Waals surface area (Å²) in [4.78, 5) is 2.58. The van der Waals surface area contributed by atoms with Crippen molar-refractivity contribution in [1.82, 2.24) is 4.90 Å². The molecule has 3 heteroatoms. The van der Waals surface area contributed by atoms with Gasteiger partial charge in [0.15, 0.2) is 0 Å². The predicted octanol–water partition coefficient (Wildman–Crippen LogP) is 6.25. The van der Waals surface area contributed by atoms with Crippen molar-refractivity contribution in [2.75, 3.05) is 13.1 Å². The average molecular weight is 415 g/mol. The first-order chi connectivity index (χ1) is 14.7. The Kier molecular flexibility index (Phi) is 6.53. The van der Waals surface area contributed by atoms with Gasteiger partial charge in [0.1, 0.15) is 5.41 Å². The van der Waals surface area contributed by atoms with Crippen molar-refractivity contribution in [1.29, 1.82) is 5.26 Å². The van der Waals surface area contributed by atoms with Gasteiger partial charge in [-0.1, -0.05) is 84.4 Å². The number of likely N-dealkylation sites (tertiary alicyclic amines) is 1. The first-order valence-corrected chi connectivity index (χ1v) is 11.1. The monoisotopic (exact) mass is 414 g/mol. The van der Waals surface area contributed by atoms with Crippen LogP contribution in [0.2, 0.25) is 5.02 Å². The quantitative estimate of drug-likeness (QED) is 0.457. The summed E-state index contributed by atoms with van der Waals surface area (Å²) >= 11 is 6.03. The van der Waals surface area contributed by atoms with Crippen molar-refractivity contribution in [3.8, 4) is 6.07 Å². The van der Waals surface area contributed by atoms with E-state index >= 15 is 0 Å². The molecule has 1 atom stereocenters. The molecule has 0 aromatic heterocycles. The zero-order valence-corrected chi connectivity index (χ0v) is 17.9. The molecular formula is C27H27ClN2. The zero-order valence-electron chi connectivity index (χ0n) is 17.2. The van der Waals surface area contributed by atoms with Gasteiger partial charge in [0.25, 0.3) is 0 Å². The Bertz CT molecular complexity index is 937. The van der Waals surface area contributed by atoms with Gasteiger partial charge < -0.3 is 0 Å². The number of rotatable bonds is 7. The van der Waals surface area contributed by atoms with E-state index in [1.807, 2.05) is 48.5 Å². The van der Waals surface area contributed by atoms with Gasteiger partial charge in [-0.2, -0.15) is 5.26 Å². The van der Waals surface area contributed by atoms with E-state index in [4.69, 9.17) is 11.6 Å². The molecule has 0 radical (unpaired) electrons. The Hall–Kier alpha value is -2.60. The van der Waals surface area contributed by atoms with Crippen molar-refractivity contribution in [2.45, 2.75) is 37.1 Å². The van der Waals surface area contributed by atoms with Crippen LogP contribution in [0.15, 0.2) is 84.9 Å². The Morgan fingerprint density at radius 1 is 0.900 bits per heavy atom. The molecule has 3 aromatic rings. The molecule has 152 valence electrons. The minimum atomic E-state index is -0.629. The molecule has 1 saturated heterocycles. The molecule has 0 spiro atoms. The van der Waals surface area contributed by atoms with Crippen molar-refractivity contribution in [3.05, 3.63) is 107 Å². The normalized spacial score (nSPS) is 17.0. The maximum atomic E-state index is 10.5. The van der Waals surface area contributed by atoms with E-state index in [1.54, 1.807) is 0 Å². The second-order valence-corrected chi connectivity index (χ2v) is 8.60. The number of halogens is 1. The molecule has 1 fully saturated rings. The number of nitriles is 1. The van der Waals surface area contributed by atoms with Gasteiger partial charge in [0.05, 0.1) is 6.07 Å². The van der Waals surface area contributed by atoms with Crippen molar-refractivity contribution >= 4 is 11.6 Å². The summed E-state index contributed by atoms with van der Waals surface area (Å²) in [5.74, 6) is 0. The fourth-order valence-electron chi connectivity index (χ4n) is 4.72. The van der Waals surface area contributed by atoms with Gasteiger partial charge in [-0.15, -0.1) is 0 Å². The molecule has 1 heterocycles. The zero-order chi connectivity index (χ0) is 20.8. The van der Waals surface area contributed by atoms with E-state index in [0.717, 1.165) is 48.5 Å². The van der Waals surface area contributed by atoms with Gasteiger partial charge in [0, 0.05) is 17.6 Å². The topological polar surface area (TPSA) is 27.0 Å². The van der Waals surface area contributed by atoms with Crippen molar-refractivity contribution < 1.29 is 0 Å². The van der Waals surface area contributed by atoms with E-state index in [1.165, 1.54) is 12.0 Å². The van der Waals surface area contributed by atoms with Gasteiger partial charge in [0.2, 0.25) is 0 Å². The Morgan fingerprint density at radius 3 is 2.07 bits per heavy atom. The summed E-state index contributed by atoms with van der Waals surface area (Å²) in [7, 11) is 0. The fraction of sp³-hybridized carbons (Fsp3) is 0.296. The van der Waals surface area contributed by atoms with Crippen LogP contribution in [-0.4, -0.2) is 24.0 Å². The highest BCUT2D eigenvalue weighted by Crippen LogP contribution is 2.39. The molecule has 0 N–H and O–H groups in total. The van der Waals surface area contributed by atoms with Gasteiger partial charge in [-0.25, -0.2) is 0 Å². The summed E-state index contributed by atoms with van der Waals surface area (Å²) in [5.41, 5.74) is 2.85. The van der Waals surface area contributed by atoms with E-state index < -0.39 is 5.41 Å². The molecule has 0 saturated carbocycles. The SMILES string of the molecule is N#CC(C[C@@H]1CCCN1CCc1ccc(Cl)cc1)(c1ccccc1)c1ccccc1. The lowest BCUT2D eigenvalue weighted by molar-refractivity contribution is 0.229. The Labute approximate surface area is 184 Å². The van der Waals surface area contributed by atoms with E-state index in [0.29, 0.717) is 6.04 Å². The molecule has 0 aliphatic carbocycles. The summed E-state index contributed by atoms with van der Waals surface area (Å²) in [5, 5.41) is 11.3. The minimum Gasteiger partial charge on any atom is -0.300 e. The number of benzene rings is 3. The molecule has 0 amide bonds. The van der Waals surface area contributed by atoms with Gasteiger partial charge >= 0.3 is 0 Å². The number of nitrogens with zero attached hydrogens (tertiary/aromatic N) is 2. The van der Waals surface area contributed by atoms with Crippen LogP contribution in [0.4, 0.5) is 0 Å². The van der Waals surface area contributed by atoms with Crippen LogP contribution in [-0.2, 0) is 11.8 Å². The standard InChI is InChI=1S/C27H27ClN2/c28-25-15-13-22(14-16-25)17-19-30-18-7-12-26(30)20-27(21-29,23-8-3-1-4-9-23)24-10-5-2-6-11-24/h1-6,8-11,13-16,26H,7,12,17-20H2/t26-/m0/s1. The highest BCUT2D eigenvalue weighted by Gasteiger charge is 2.39. The van der Waals surface area contributed by atoms with Crippen LogP contribution in [0.3, 0.4) is 0 Å². The van der Waals surface area contributed by atoms with E-state index in [-0.39, 0.29) is 0 Å². The fourth-order valence-corrected chi connectivity index (χ4v) is 4.85. The van der Waals surface area contributed by atoms with Crippen LogP contribution in [0.1, 0.15) is 36.0 Å². The Balaban J connectivity index is 1.57. The summed E-state index contributed by atoms with van der Waals surface area (Å²) in [6.07, 6.45) is 4.15. The maximum Gasteiger partial charge on any atom is 0.109 e. The third kappa shape index (κ3) is 4.43. The molecule has 0 bridgehead atoms. The lowest BCUT2D eigenvalue weighted by atomic mass is 9.71. The molecule has 1 aliphatic heterocycles. The molecular weight excluding hydrogens is 388 g/mol. The average Bonchev–Trinajstić information content (AvgIpc) is 3.25. The lowest BCUT2D eigenvalue weighted by Gasteiger charge is -2.34. The van der Waals surface area contributed by atoms with Crippen LogP contribution < -0.4 is 0 Å². The largest absolute Gasteiger partial charge is 0.300 e. The Morgan fingerprint density at radius 2 is 1.50 bits per heavy atom. The van der Waals surface area contributed by atoms with Crippen LogP contribution >= 0.6 is 11.6 Å². The summed E-state index contributed by atoms with van der Waals surface area (Å²) in [6.45, 7) is 2.11. The molecule has 1 aliphatic rings. The van der Waals surface area contributed by atoms with Crippen LogP contribution in [0, 0.1) is 11.3 Å². The summed E-state index contributed by atoms with van der Waals surface area (Å²) < 4.78 is 0. The molecule has 30 heavy (non-hydrogen) atoms. The highest BCUT2D eigenvalue weighted by molar-refractivity contribution is 6.30. The molecule has 2 nitrogen and oxygen atoms in total. The van der Waals surface area contributed by atoms with E-state index in [2.05, 4.69) is 47.4 Å². The maximum absolute atomic E-state index is 10.5. The highest BCUT2D eigenvalue weighted by atomic mass is 35.5. The number of hydrogen-bond acceptors (Lipinski definition) is 2. The second kappa shape index (κ2) is 9.47. The molecule has 4 rings (SSSR count). The number of hydrogen-bond donors (Lipinski definition) is 0. The van der Waals surface area contributed by atoms with Crippen LogP contribution in [0.5, 0.6) is 0 Å². The molecule has 0 unspecified atom stereocenters. The smallest absolute Gasteiger partial charge is 0.109 e. The minimum absolute atomic E-state index is 0.400. The van der Waals surface area contributed by atoms with E-state index in [9.17, 15) is 5.26 Å². The van der Waals surface area contributed by atoms with Crippen LogP contribution in [0.25, 0.3) is 0 Å². The summed E-state index contributed by atoms with van der Waals surface area (Å²) in [6, 6.07) is 31.9. The van der Waals surface area contributed by atoms with Crippen molar-refractivity contribution in [3.63, 3.8) is 0 Å². The van der Waals surface area contributed by atoms with Gasteiger partial charge in [-0.3, -0.25) is 4.90 Å². The first kappa shape index (κ1) is 20.7.